The molecule has 2 aromatic carbocycles. The van der Waals surface area contributed by atoms with Crippen molar-refractivity contribution in [2.45, 2.75) is 9.79 Å². The van der Waals surface area contributed by atoms with Crippen molar-refractivity contribution in [3.63, 3.8) is 0 Å². The number of hydrogen-bond donors (Lipinski definition) is 0. The zero-order chi connectivity index (χ0) is 23.6. The molecule has 0 spiro atoms. The summed E-state index contributed by atoms with van der Waals surface area (Å²) in [5.74, 6) is 0.426. The minimum Gasteiger partial charge on any atom is -0.486 e. The molecule has 0 N–H and O–H groups in total. The number of carbonyl (C=O) groups is 1. The fourth-order valence-corrected chi connectivity index (χ4v) is 6.24. The minimum absolute atomic E-state index is 0.000763. The lowest BCUT2D eigenvalue weighted by molar-refractivity contribution is -0.132. The van der Waals surface area contributed by atoms with E-state index in [1.807, 2.05) is 0 Å². The van der Waals surface area contributed by atoms with Crippen LogP contribution in [-0.2, 0) is 24.8 Å². The van der Waals surface area contributed by atoms with Gasteiger partial charge in [-0.3, -0.25) is 4.79 Å². The van der Waals surface area contributed by atoms with Crippen LogP contribution in [0.2, 0.25) is 0 Å². The molecule has 2 aromatic rings. The van der Waals surface area contributed by atoms with Crippen LogP contribution >= 0.6 is 0 Å². The van der Waals surface area contributed by atoms with E-state index in [1.54, 1.807) is 18.2 Å². The molecule has 0 unspecified atom stereocenters. The molecular formula is C21H25N3O7S2. The smallest absolute Gasteiger partial charge is 0.243 e. The fraction of sp³-hybridized carbons (Fsp3) is 0.381. The van der Waals surface area contributed by atoms with E-state index in [4.69, 9.17) is 9.47 Å². The van der Waals surface area contributed by atoms with E-state index in [-0.39, 0.29) is 42.5 Å². The Balaban J connectivity index is 1.38. The van der Waals surface area contributed by atoms with Crippen molar-refractivity contribution >= 4 is 26.0 Å². The number of likely N-dealkylation sites (N-methyl/N-ethyl adjacent to an activating group) is 1. The largest absolute Gasteiger partial charge is 0.486 e. The Morgan fingerprint density at radius 3 is 2.18 bits per heavy atom. The van der Waals surface area contributed by atoms with Crippen molar-refractivity contribution in [3.05, 3.63) is 48.5 Å². The average Bonchev–Trinajstić information content (AvgIpc) is 2.84. The molecule has 1 saturated heterocycles. The van der Waals surface area contributed by atoms with Crippen molar-refractivity contribution in [2.24, 2.45) is 0 Å². The first-order valence-corrected chi connectivity index (χ1v) is 13.3. The highest BCUT2D eigenvalue weighted by atomic mass is 32.2. The van der Waals surface area contributed by atoms with Gasteiger partial charge in [0.2, 0.25) is 26.0 Å². The summed E-state index contributed by atoms with van der Waals surface area (Å²) in [7, 11) is -6.23. The number of rotatable bonds is 6. The number of hydrogen-bond acceptors (Lipinski definition) is 7. The first kappa shape index (κ1) is 23.5. The van der Waals surface area contributed by atoms with E-state index in [0.29, 0.717) is 24.7 Å². The molecule has 2 heterocycles. The third-order valence-electron chi connectivity index (χ3n) is 5.55. The van der Waals surface area contributed by atoms with Gasteiger partial charge in [-0.05, 0) is 24.3 Å². The number of benzene rings is 2. The monoisotopic (exact) mass is 495 g/mol. The number of carbonyl (C=O) groups excluding carboxylic acids is 1. The number of sulfonamides is 2. The van der Waals surface area contributed by atoms with E-state index in [9.17, 15) is 21.6 Å². The summed E-state index contributed by atoms with van der Waals surface area (Å²) in [4.78, 5) is 14.4. The second-order valence-corrected chi connectivity index (χ2v) is 11.6. The van der Waals surface area contributed by atoms with Crippen LogP contribution in [0.4, 0.5) is 0 Å². The Morgan fingerprint density at radius 1 is 0.879 bits per heavy atom. The first-order chi connectivity index (χ1) is 15.7. The molecule has 4 rings (SSSR count). The van der Waals surface area contributed by atoms with Crippen LogP contribution in [0.1, 0.15) is 0 Å². The van der Waals surface area contributed by atoms with Gasteiger partial charge in [0.1, 0.15) is 13.2 Å². The molecule has 178 valence electrons. The van der Waals surface area contributed by atoms with E-state index in [2.05, 4.69) is 0 Å². The van der Waals surface area contributed by atoms with Crippen LogP contribution in [0.3, 0.4) is 0 Å². The molecule has 1 fully saturated rings. The van der Waals surface area contributed by atoms with Gasteiger partial charge >= 0.3 is 0 Å². The maximum Gasteiger partial charge on any atom is 0.243 e. The molecule has 33 heavy (non-hydrogen) atoms. The summed E-state index contributed by atoms with van der Waals surface area (Å²) in [6, 6.07) is 12.5. The third kappa shape index (κ3) is 4.83. The standard InChI is InChI=1S/C21H25N3O7S2/c1-22(32(26,27)18-7-8-19-20(15-18)31-14-13-30-19)16-21(25)23-9-11-24(12-10-23)33(28,29)17-5-3-2-4-6-17/h2-8,15H,9-14,16H2,1H3. The van der Waals surface area contributed by atoms with Gasteiger partial charge in [-0.2, -0.15) is 8.61 Å². The normalized spacial score (nSPS) is 17.2. The van der Waals surface area contributed by atoms with Gasteiger partial charge in [-0.25, -0.2) is 16.8 Å². The third-order valence-corrected chi connectivity index (χ3v) is 9.26. The summed E-state index contributed by atoms with van der Waals surface area (Å²) in [5, 5.41) is 0. The second-order valence-electron chi connectivity index (χ2n) is 7.66. The van der Waals surface area contributed by atoms with Crippen LogP contribution in [0.25, 0.3) is 0 Å². The Hall–Kier alpha value is -2.67. The summed E-state index contributed by atoms with van der Waals surface area (Å²) in [6.07, 6.45) is 0. The van der Waals surface area contributed by atoms with Crippen LogP contribution in [-0.4, -0.2) is 89.2 Å². The lowest BCUT2D eigenvalue weighted by Crippen LogP contribution is -2.52. The molecule has 0 aromatic heterocycles. The van der Waals surface area contributed by atoms with Gasteiger partial charge in [0.15, 0.2) is 11.5 Å². The summed E-state index contributed by atoms with van der Waals surface area (Å²) in [5.41, 5.74) is 0. The molecule has 2 aliphatic rings. The summed E-state index contributed by atoms with van der Waals surface area (Å²) in [6.45, 7) is 1.02. The molecule has 2 aliphatic heterocycles. The van der Waals surface area contributed by atoms with Gasteiger partial charge < -0.3 is 14.4 Å². The van der Waals surface area contributed by atoms with Crippen molar-refractivity contribution in [1.82, 2.24) is 13.5 Å². The molecule has 0 aliphatic carbocycles. The zero-order valence-electron chi connectivity index (χ0n) is 18.1. The number of fused-ring (bicyclic) bond motifs is 1. The average molecular weight is 496 g/mol. The number of nitrogens with zero attached hydrogens (tertiary/aromatic N) is 3. The Kier molecular flexibility index (Phi) is 6.61. The Labute approximate surface area is 193 Å². The van der Waals surface area contributed by atoms with Gasteiger partial charge in [0.05, 0.1) is 16.3 Å². The highest BCUT2D eigenvalue weighted by Crippen LogP contribution is 2.33. The first-order valence-electron chi connectivity index (χ1n) is 10.4. The van der Waals surface area contributed by atoms with Crippen LogP contribution < -0.4 is 9.47 Å². The van der Waals surface area contributed by atoms with Crippen molar-refractivity contribution in [2.75, 3.05) is 53.0 Å². The molecule has 0 radical (unpaired) electrons. The molecule has 10 nitrogen and oxygen atoms in total. The fourth-order valence-electron chi connectivity index (χ4n) is 3.66. The van der Waals surface area contributed by atoms with E-state index in [0.717, 1.165) is 4.31 Å². The lowest BCUT2D eigenvalue weighted by Gasteiger charge is -2.34. The summed E-state index contributed by atoms with van der Waals surface area (Å²) >= 11 is 0. The van der Waals surface area contributed by atoms with Crippen LogP contribution in [0, 0.1) is 0 Å². The van der Waals surface area contributed by atoms with Crippen LogP contribution in [0.5, 0.6) is 11.5 Å². The number of piperazine rings is 1. The van der Waals surface area contributed by atoms with E-state index < -0.39 is 26.0 Å². The molecule has 12 heteroatoms. The van der Waals surface area contributed by atoms with Gasteiger partial charge in [0, 0.05) is 39.3 Å². The van der Waals surface area contributed by atoms with Crippen molar-refractivity contribution < 1.29 is 31.1 Å². The lowest BCUT2D eigenvalue weighted by atomic mass is 10.3. The Morgan fingerprint density at radius 2 is 1.52 bits per heavy atom. The predicted molar refractivity (Wildman–Crippen MR) is 119 cm³/mol. The van der Waals surface area contributed by atoms with E-state index in [1.165, 1.54) is 46.6 Å². The molecule has 0 bridgehead atoms. The Bertz CT molecular complexity index is 1230. The second kappa shape index (κ2) is 9.29. The SMILES string of the molecule is CN(CC(=O)N1CCN(S(=O)(=O)c2ccccc2)CC1)S(=O)(=O)c1ccc2c(c1)OCCO2. The summed E-state index contributed by atoms with van der Waals surface area (Å²) < 4.78 is 64.6. The minimum atomic E-state index is -3.93. The molecule has 0 atom stereocenters. The van der Waals surface area contributed by atoms with Crippen molar-refractivity contribution in [1.29, 1.82) is 0 Å². The van der Waals surface area contributed by atoms with Crippen LogP contribution in [0.15, 0.2) is 58.3 Å². The maximum absolute atomic E-state index is 12.9. The molecule has 0 saturated carbocycles. The van der Waals surface area contributed by atoms with E-state index >= 15 is 0 Å². The predicted octanol–water partition coefficient (Wildman–Crippen LogP) is 0.611. The van der Waals surface area contributed by atoms with Gasteiger partial charge in [0.25, 0.3) is 0 Å². The number of amides is 1. The molecule has 1 amide bonds. The van der Waals surface area contributed by atoms with Gasteiger partial charge in [-0.15, -0.1) is 0 Å². The number of ether oxygens (including phenoxy) is 2. The highest BCUT2D eigenvalue weighted by Gasteiger charge is 2.32. The zero-order valence-corrected chi connectivity index (χ0v) is 19.7. The van der Waals surface area contributed by atoms with Crippen molar-refractivity contribution in [3.8, 4) is 11.5 Å². The van der Waals surface area contributed by atoms with Gasteiger partial charge in [-0.1, -0.05) is 18.2 Å². The molecular weight excluding hydrogens is 470 g/mol. The topological polar surface area (TPSA) is 114 Å². The quantitative estimate of drug-likeness (QED) is 0.577. The highest BCUT2D eigenvalue weighted by molar-refractivity contribution is 7.89. The maximum atomic E-state index is 12.9.